The van der Waals surface area contributed by atoms with Crippen molar-refractivity contribution < 1.29 is 4.79 Å². The molecule has 3 aromatic rings. The molecule has 144 valence electrons. The molecule has 2 heterocycles. The van der Waals surface area contributed by atoms with Gasteiger partial charge in [0.05, 0.1) is 16.3 Å². The van der Waals surface area contributed by atoms with Gasteiger partial charge in [-0.2, -0.15) is 5.10 Å². The van der Waals surface area contributed by atoms with Crippen molar-refractivity contribution in [3.05, 3.63) is 88.9 Å². The van der Waals surface area contributed by atoms with Crippen LogP contribution in [0, 0.1) is 0 Å². The number of carbonyl (C=O) groups excluding carboxylic acids is 1. The van der Waals surface area contributed by atoms with E-state index in [1.165, 1.54) is 11.8 Å². The second-order valence-corrected chi connectivity index (χ2v) is 8.41. The topological polar surface area (TPSA) is 38.1 Å². The fraction of sp³-hybridized carbons (Fsp3) is 0.0455. The van der Waals surface area contributed by atoms with Crippen molar-refractivity contribution in [3.8, 4) is 16.9 Å². The first kappa shape index (κ1) is 19.6. The summed E-state index contributed by atoms with van der Waals surface area (Å²) in [5.41, 5.74) is 3.44. The van der Waals surface area contributed by atoms with Crippen molar-refractivity contribution in [1.29, 1.82) is 0 Å². The number of hydrogen-bond donors (Lipinski definition) is 0. The Morgan fingerprint density at radius 3 is 2.55 bits per heavy atom. The Morgan fingerprint density at radius 1 is 1.14 bits per heavy atom. The van der Waals surface area contributed by atoms with Crippen molar-refractivity contribution in [2.75, 3.05) is 6.54 Å². The molecule has 7 heteroatoms. The molecule has 1 aromatic heterocycles. The SMILES string of the molecule is C=CCN1C(=O)/C(=C\c2cn(-c3ccccc3)nc2-c2ccc(Cl)cc2)SC1=S. The van der Waals surface area contributed by atoms with Crippen LogP contribution < -0.4 is 0 Å². The molecule has 2 aromatic carbocycles. The summed E-state index contributed by atoms with van der Waals surface area (Å²) in [7, 11) is 0. The lowest BCUT2D eigenvalue weighted by atomic mass is 10.1. The van der Waals surface area contributed by atoms with Crippen LogP contribution in [0.1, 0.15) is 5.56 Å². The molecule has 0 bridgehead atoms. The largest absolute Gasteiger partial charge is 0.289 e. The Bertz CT molecular complexity index is 1120. The van der Waals surface area contributed by atoms with E-state index in [4.69, 9.17) is 28.9 Å². The van der Waals surface area contributed by atoms with Gasteiger partial charge < -0.3 is 0 Å². The van der Waals surface area contributed by atoms with Gasteiger partial charge in [0, 0.05) is 28.9 Å². The lowest BCUT2D eigenvalue weighted by Gasteiger charge is -2.10. The van der Waals surface area contributed by atoms with E-state index in [-0.39, 0.29) is 5.91 Å². The van der Waals surface area contributed by atoms with Gasteiger partial charge in [-0.1, -0.05) is 72.0 Å². The summed E-state index contributed by atoms with van der Waals surface area (Å²) < 4.78 is 2.34. The molecule has 0 atom stereocenters. The van der Waals surface area contributed by atoms with Crippen molar-refractivity contribution in [2.24, 2.45) is 0 Å². The number of nitrogens with zero attached hydrogens (tertiary/aromatic N) is 3. The molecule has 0 unspecified atom stereocenters. The number of thioether (sulfide) groups is 1. The van der Waals surface area contributed by atoms with Crippen LogP contribution in [-0.4, -0.2) is 31.5 Å². The number of rotatable bonds is 5. The highest BCUT2D eigenvalue weighted by Crippen LogP contribution is 2.35. The number of carbonyl (C=O) groups is 1. The molecular formula is C22H16ClN3OS2. The summed E-state index contributed by atoms with van der Waals surface area (Å²) >= 11 is 12.7. The molecule has 1 aliphatic rings. The van der Waals surface area contributed by atoms with Gasteiger partial charge in [0.1, 0.15) is 4.32 Å². The maximum atomic E-state index is 12.7. The van der Waals surface area contributed by atoms with E-state index in [0.717, 1.165) is 22.5 Å². The van der Waals surface area contributed by atoms with E-state index in [1.54, 1.807) is 15.7 Å². The Morgan fingerprint density at radius 2 is 1.86 bits per heavy atom. The van der Waals surface area contributed by atoms with Gasteiger partial charge in [-0.15, -0.1) is 6.58 Å². The van der Waals surface area contributed by atoms with Gasteiger partial charge >= 0.3 is 0 Å². The molecule has 4 rings (SSSR count). The summed E-state index contributed by atoms with van der Waals surface area (Å²) in [6.07, 6.45) is 5.43. The Balaban J connectivity index is 1.80. The minimum Gasteiger partial charge on any atom is -0.289 e. The van der Waals surface area contributed by atoms with Crippen LogP contribution in [0.15, 0.2) is 78.4 Å². The van der Waals surface area contributed by atoms with E-state index < -0.39 is 0 Å². The highest BCUT2D eigenvalue weighted by Gasteiger charge is 2.31. The molecule has 0 spiro atoms. The Kier molecular flexibility index (Phi) is 5.67. The van der Waals surface area contributed by atoms with E-state index in [2.05, 4.69) is 6.58 Å². The van der Waals surface area contributed by atoms with Crippen LogP contribution in [0.5, 0.6) is 0 Å². The molecule has 0 N–H and O–H groups in total. The first-order chi connectivity index (χ1) is 14.1. The van der Waals surface area contributed by atoms with E-state index in [9.17, 15) is 4.79 Å². The summed E-state index contributed by atoms with van der Waals surface area (Å²) in [6, 6.07) is 17.3. The molecule has 1 saturated heterocycles. The van der Waals surface area contributed by atoms with Crippen molar-refractivity contribution in [2.45, 2.75) is 0 Å². The summed E-state index contributed by atoms with van der Waals surface area (Å²) in [5, 5.41) is 5.42. The Labute approximate surface area is 183 Å². The molecule has 0 saturated carbocycles. The molecule has 1 amide bonds. The van der Waals surface area contributed by atoms with Gasteiger partial charge in [0.2, 0.25) is 0 Å². The molecule has 1 fully saturated rings. The van der Waals surface area contributed by atoms with Crippen LogP contribution in [-0.2, 0) is 4.79 Å². The highest BCUT2D eigenvalue weighted by molar-refractivity contribution is 8.26. The second kappa shape index (κ2) is 8.37. The second-order valence-electron chi connectivity index (χ2n) is 6.30. The van der Waals surface area contributed by atoms with Crippen LogP contribution in [0.4, 0.5) is 0 Å². The van der Waals surface area contributed by atoms with Crippen LogP contribution in [0.25, 0.3) is 23.0 Å². The zero-order valence-electron chi connectivity index (χ0n) is 15.3. The molecule has 0 radical (unpaired) electrons. The first-order valence-corrected chi connectivity index (χ1v) is 10.4. The quantitative estimate of drug-likeness (QED) is 0.296. The monoisotopic (exact) mass is 437 g/mol. The minimum atomic E-state index is -0.116. The fourth-order valence-electron chi connectivity index (χ4n) is 2.97. The molecular weight excluding hydrogens is 422 g/mol. The molecule has 29 heavy (non-hydrogen) atoms. The standard InChI is InChI=1S/C22H16ClN3OS2/c1-2-12-25-21(27)19(29-22(25)28)13-16-14-26(18-6-4-3-5-7-18)24-20(16)15-8-10-17(23)11-9-15/h2-11,13-14H,1,12H2/b19-13+. The number of aromatic nitrogens is 2. The van der Waals surface area contributed by atoms with Gasteiger partial charge in [-0.05, 0) is 30.3 Å². The molecule has 1 aliphatic heterocycles. The number of benzene rings is 2. The first-order valence-electron chi connectivity index (χ1n) is 8.84. The predicted octanol–water partition coefficient (Wildman–Crippen LogP) is 5.58. The van der Waals surface area contributed by atoms with Crippen molar-refractivity contribution in [3.63, 3.8) is 0 Å². The zero-order chi connectivity index (χ0) is 20.4. The van der Waals surface area contributed by atoms with Crippen LogP contribution in [0.2, 0.25) is 5.02 Å². The third-order valence-electron chi connectivity index (χ3n) is 4.35. The zero-order valence-corrected chi connectivity index (χ0v) is 17.7. The molecule has 0 aliphatic carbocycles. The summed E-state index contributed by atoms with van der Waals surface area (Å²) in [4.78, 5) is 14.8. The normalized spacial score (nSPS) is 15.3. The average Bonchev–Trinajstić information content (AvgIpc) is 3.26. The fourth-order valence-corrected chi connectivity index (χ4v) is 4.36. The van der Waals surface area contributed by atoms with Gasteiger partial charge in [-0.3, -0.25) is 9.69 Å². The average molecular weight is 438 g/mol. The predicted molar refractivity (Wildman–Crippen MR) is 124 cm³/mol. The van der Waals surface area contributed by atoms with Gasteiger partial charge in [0.25, 0.3) is 5.91 Å². The third kappa shape index (κ3) is 4.05. The van der Waals surface area contributed by atoms with E-state index >= 15 is 0 Å². The number of amides is 1. The lowest BCUT2D eigenvalue weighted by Crippen LogP contribution is -2.27. The number of para-hydroxylation sites is 1. The summed E-state index contributed by atoms with van der Waals surface area (Å²) in [5.74, 6) is -0.116. The Hall–Kier alpha value is -2.67. The highest BCUT2D eigenvalue weighted by atomic mass is 35.5. The van der Waals surface area contributed by atoms with Crippen LogP contribution in [0.3, 0.4) is 0 Å². The smallest absolute Gasteiger partial charge is 0.266 e. The number of thiocarbonyl (C=S) groups is 1. The van der Waals surface area contributed by atoms with E-state index in [0.29, 0.717) is 20.8 Å². The van der Waals surface area contributed by atoms with Crippen molar-refractivity contribution in [1.82, 2.24) is 14.7 Å². The number of hydrogen-bond acceptors (Lipinski definition) is 4. The molecule has 4 nitrogen and oxygen atoms in total. The van der Waals surface area contributed by atoms with Gasteiger partial charge in [0.15, 0.2) is 0 Å². The summed E-state index contributed by atoms with van der Waals surface area (Å²) in [6.45, 7) is 4.09. The lowest BCUT2D eigenvalue weighted by molar-refractivity contribution is -0.121. The van der Waals surface area contributed by atoms with Gasteiger partial charge in [-0.25, -0.2) is 4.68 Å². The van der Waals surface area contributed by atoms with Crippen molar-refractivity contribution >= 4 is 51.9 Å². The van der Waals surface area contributed by atoms with E-state index in [1.807, 2.05) is 66.9 Å². The maximum absolute atomic E-state index is 12.7. The number of halogens is 1. The minimum absolute atomic E-state index is 0.116. The van der Waals surface area contributed by atoms with Crippen LogP contribution >= 0.6 is 35.6 Å². The maximum Gasteiger partial charge on any atom is 0.266 e. The third-order valence-corrected chi connectivity index (χ3v) is 5.98.